The Morgan fingerprint density at radius 2 is 1.63 bits per heavy atom. The van der Waals surface area contributed by atoms with Crippen LogP contribution in [0.5, 0.6) is 11.5 Å². The normalized spacial score (nSPS) is 10.6. The number of aryl methyl sites for hydroxylation is 1. The van der Waals surface area contributed by atoms with Crippen LogP contribution in [-0.2, 0) is 7.05 Å². The molecule has 1 N–H and O–H groups in total. The molecule has 0 radical (unpaired) electrons. The molecule has 30 heavy (non-hydrogen) atoms. The molecule has 0 aliphatic carbocycles. The Morgan fingerprint density at radius 3 is 2.23 bits per heavy atom. The maximum absolute atomic E-state index is 13.1. The lowest BCUT2D eigenvalue weighted by atomic mass is 10.1. The van der Waals surface area contributed by atoms with E-state index >= 15 is 0 Å². The Morgan fingerprint density at radius 1 is 1.03 bits per heavy atom. The standard InChI is InChI=1S/C21H22N4O5/c1-24(2)20(27)14-10-16(29-4)17(30-5)11-15(14)22-19(26)18-12-8-6-7-9-13(12)21(28)25(3)23-18/h6-11H,1-5H3,(H,22,26). The van der Waals surface area contributed by atoms with E-state index in [1.165, 1.54) is 38.3 Å². The van der Waals surface area contributed by atoms with Gasteiger partial charge < -0.3 is 19.7 Å². The van der Waals surface area contributed by atoms with Crippen LogP contribution in [0.25, 0.3) is 10.8 Å². The van der Waals surface area contributed by atoms with Crippen molar-refractivity contribution in [2.24, 2.45) is 7.05 Å². The Kier molecular flexibility index (Phi) is 5.72. The van der Waals surface area contributed by atoms with Crippen molar-refractivity contribution in [2.75, 3.05) is 33.6 Å². The van der Waals surface area contributed by atoms with Gasteiger partial charge in [0.25, 0.3) is 17.4 Å². The van der Waals surface area contributed by atoms with E-state index in [-0.39, 0.29) is 28.4 Å². The third-order valence-corrected chi connectivity index (χ3v) is 4.58. The minimum absolute atomic E-state index is 0.0609. The summed E-state index contributed by atoms with van der Waals surface area (Å²) in [6, 6.07) is 9.73. The van der Waals surface area contributed by atoms with Crippen LogP contribution in [0.3, 0.4) is 0 Å². The van der Waals surface area contributed by atoms with E-state index in [2.05, 4.69) is 10.4 Å². The lowest BCUT2D eigenvalue weighted by Gasteiger charge is -2.18. The van der Waals surface area contributed by atoms with Crippen LogP contribution in [0.15, 0.2) is 41.2 Å². The number of ether oxygens (including phenoxy) is 2. The summed E-state index contributed by atoms with van der Waals surface area (Å²) in [5.74, 6) is -0.195. The summed E-state index contributed by atoms with van der Waals surface area (Å²) in [7, 11) is 7.60. The van der Waals surface area contributed by atoms with Crippen molar-refractivity contribution in [1.82, 2.24) is 14.7 Å². The SMILES string of the molecule is COc1cc(NC(=O)c2nn(C)c(=O)c3ccccc23)c(C(=O)N(C)C)cc1OC. The van der Waals surface area contributed by atoms with E-state index < -0.39 is 5.91 Å². The number of rotatable bonds is 5. The van der Waals surface area contributed by atoms with E-state index in [9.17, 15) is 14.4 Å². The number of anilines is 1. The van der Waals surface area contributed by atoms with Crippen LogP contribution in [-0.4, -0.2) is 54.8 Å². The van der Waals surface area contributed by atoms with Crippen LogP contribution >= 0.6 is 0 Å². The van der Waals surface area contributed by atoms with Gasteiger partial charge in [0.05, 0.1) is 30.9 Å². The first-order valence-electron chi connectivity index (χ1n) is 9.03. The smallest absolute Gasteiger partial charge is 0.276 e. The maximum Gasteiger partial charge on any atom is 0.276 e. The topological polar surface area (TPSA) is 103 Å². The second kappa shape index (κ2) is 8.24. The molecule has 0 saturated heterocycles. The number of carbonyl (C=O) groups excluding carboxylic acids is 2. The molecule has 0 atom stereocenters. The first-order chi connectivity index (χ1) is 14.3. The Bertz CT molecular complexity index is 1200. The summed E-state index contributed by atoms with van der Waals surface area (Å²) in [6.45, 7) is 0. The van der Waals surface area contributed by atoms with E-state index in [1.807, 2.05) is 0 Å². The Hall–Kier alpha value is -3.88. The molecule has 2 aromatic carbocycles. The second-order valence-corrected chi connectivity index (χ2v) is 6.73. The maximum atomic E-state index is 13.1. The van der Waals surface area contributed by atoms with Gasteiger partial charge in [-0.15, -0.1) is 0 Å². The Balaban J connectivity index is 2.13. The van der Waals surface area contributed by atoms with Crippen molar-refractivity contribution >= 4 is 28.3 Å². The van der Waals surface area contributed by atoms with E-state index in [0.717, 1.165) is 4.68 Å². The van der Waals surface area contributed by atoms with Gasteiger partial charge in [0.1, 0.15) is 0 Å². The van der Waals surface area contributed by atoms with Crippen molar-refractivity contribution in [2.45, 2.75) is 0 Å². The monoisotopic (exact) mass is 410 g/mol. The molecule has 156 valence electrons. The molecule has 3 rings (SSSR count). The molecule has 3 aromatic rings. The highest BCUT2D eigenvalue weighted by molar-refractivity contribution is 6.13. The van der Waals surface area contributed by atoms with Gasteiger partial charge in [0, 0.05) is 32.6 Å². The quantitative estimate of drug-likeness (QED) is 0.689. The molecule has 0 aliphatic heterocycles. The van der Waals surface area contributed by atoms with E-state index in [0.29, 0.717) is 22.3 Å². The third kappa shape index (κ3) is 3.69. The van der Waals surface area contributed by atoms with Crippen LogP contribution in [0.4, 0.5) is 5.69 Å². The lowest BCUT2D eigenvalue weighted by Crippen LogP contribution is -2.27. The average Bonchev–Trinajstić information content (AvgIpc) is 2.75. The molecular formula is C21H22N4O5. The fraction of sp³-hybridized carbons (Fsp3) is 0.238. The van der Waals surface area contributed by atoms with Crippen LogP contribution in [0, 0.1) is 0 Å². The predicted octanol–water partition coefficient (Wildman–Crippen LogP) is 1.90. The first kappa shape index (κ1) is 20.8. The number of hydrogen-bond acceptors (Lipinski definition) is 6. The molecule has 1 heterocycles. The first-order valence-corrected chi connectivity index (χ1v) is 9.03. The summed E-state index contributed by atoms with van der Waals surface area (Å²) in [4.78, 5) is 39.5. The number of benzene rings is 2. The lowest BCUT2D eigenvalue weighted by molar-refractivity contribution is 0.0828. The van der Waals surface area contributed by atoms with Gasteiger partial charge in [-0.25, -0.2) is 4.68 Å². The third-order valence-electron chi connectivity index (χ3n) is 4.58. The highest BCUT2D eigenvalue weighted by atomic mass is 16.5. The number of aromatic nitrogens is 2. The van der Waals surface area contributed by atoms with Crippen LogP contribution in [0.2, 0.25) is 0 Å². The van der Waals surface area contributed by atoms with Crippen molar-refractivity contribution < 1.29 is 19.1 Å². The van der Waals surface area contributed by atoms with Gasteiger partial charge in [-0.3, -0.25) is 14.4 Å². The van der Waals surface area contributed by atoms with E-state index in [4.69, 9.17) is 9.47 Å². The van der Waals surface area contributed by atoms with Crippen molar-refractivity contribution in [3.8, 4) is 11.5 Å². The van der Waals surface area contributed by atoms with Gasteiger partial charge in [-0.2, -0.15) is 5.10 Å². The fourth-order valence-corrected chi connectivity index (χ4v) is 3.05. The fourth-order valence-electron chi connectivity index (χ4n) is 3.05. The van der Waals surface area contributed by atoms with Crippen molar-refractivity contribution in [3.63, 3.8) is 0 Å². The summed E-state index contributed by atoms with van der Waals surface area (Å²) in [5, 5.41) is 7.64. The molecular weight excluding hydrogens is 388 g/mol. The molecule has 0 saturated carbocycles. The van der Waals surface area contributed by atoms with Crippen molar-refractivity contribution in [1.29, 1.82) is 0 Å². The largest absolute Gasteiger partial charge is 0.493 e. The second-order valence-electron chi connectivity index (χ2n) is 6.73. The number of methoxy groups -OCH3 is 2. The van der Waals surface area contributed by atoms with Crippen LogP contribution in [0.1, 0.15) is 20.8 Å². The molecule has 0 aliphatic rings. The Labute approximate surface area is 172 Å². The molecule has 0 bridgehead atoms. The summed E-state index contributed by atoms with van der Waals surface area (Å²) >= 11 is 0. The highest BCUT2D eigenvalue weighted by Crippen LogP contribution is 2.34. The molecule has 2 amide bonds. The van der Waals surface area contributed by atoms with Gasteiger partial charge in [0.2, 0.25) is 0 Å². The molecule has 0 fully saturated rings. The zero-order valence-corrected chi connectivity index (χ0v) is 17.3. The number of nitrogens with one attached hydrogen (secondary N) is 1. The summed E-state index contributed by atoms with van der Waals surface area (Å²) in [6.07, 6.45) is 0. The van der Waals surface area contributed by atoms with Gasteiger partial charge in [-0.1, -0.05) is 18.2 Å². The number of fused-ring (bicyclic) bond motifs is 1. The van der Waals surface area contributed by atoms with Crippen molar-refractivity contribution in [3.05, 3.63) is 58.0 Å². The number of carbonyl (C=O) groups is 2. The van der Waals surface area contributed by atoms with Gasteiger partial charge >= 0.3 is 0 Å². The molecule has 9 heteroatoms. The molecule has 0 unspecified atom stereocenters. The van der Waals surface area contributed by atoms with E-state index in [1.54, 1.807) is 38.4 Å². The summed E-state index contributed by atoms with van der Waals surface area (Å²) < 4.78 is 11.7. The number of nitrogens with zero attached hydrogens (tertiary/aromatic N) is 3. The molecule has 1 aromatic heterocycles. The minimum atomic E-state index is -0.568. The zero-order chi connectivity index (χ0) is 22.0. The predicted molar refractivity (Wildman–Crippen MR) is 113 cm³/mol. The zero-order valence-electron chi connectivity index (χ0n) is 17.3. The van der Waals surface area contributed by atoms with Gasteiger partial charge in [-0.05, 0) is 12.1 Å². The molecule has 9 nitrogen and oxygen atoms in total. The number of amides is 2. The van der Waals surface area contributed by atoms with Gasteiger partial charge in [0.15, 0.2) is 17.2 Å². The summed E-state index contributed by atoms with van der Waals surface area (Å²) in [5.41, 5.74) is 0.207. The molecule has 0 spiro atoms. The van der Waals surface area contributed by atoms with Crippen LogP contribution < -0.4 is 20.3 Å². The minimum Gasteiger partial charge on any atom is -0.493 e. The average molecular weight is 410 g/mol. The highest BCUT2D eigenvalue weighted by Gasteiger charge is 2.22. The number of hydrogen-bond donors (Lipinski definition) is 1.